The fourth-order valence-corrected chi connectivity index (χ4v) is 2.97. The predicted octanol–water partition coefficient (Wildman–Crippen LogP) is 2.91. The Kier molecular flexibility index (Phi) is 4.39. The van der Waals surface area contributed by atoms with Crippen molar-refractivity contribution in [1.82, 2.24) is 4.90 Å². The van der Waals surface area contributed by atoms with Gasteiger partial charge in [-0.2, -0.15) is 0 Å². The maximum absolute atomic E-state index is 6.17. The minimum atomic E-state index is 0.175. The summed E-state index contributed by atoms with van der Waals surface area (Å²) in [6.45, 7) is 7.47. The van der Waals surface area contributed by atoms with Gasteiger partial charge in [-0.05, 0) is 29.5 Å². The number of likely N-dealkylation sites (tertiary alicyclic amines) is 1. The molecule has 0 saturated carbocycles. The lowest BCUT2D eigenvalue weighted by Gasteiger charge is -2.42. The summed E-state index contributed by atoms with van der Waals surface area (Å²) in [5.74, 6) is 0.728. The van der Waals surface area contributed by atoms with Gasteiger partial charge in [0.25, 0.3) is 0 Å². The van der Waals surface area contributed by atoms with Crippen LogP contribution in [-0.4, -0.2) is 31.1 Å². The molecule has 3 nitrogen and oxygen atoms in total. The van der Waals surface area contributed by atoms with Gasteiger partial charge in [-0.1, -0.05) is 31.5 Å². The monoisotopic (exact) mass is 282 g/mol. The molecule has 0 spiro atoms. The number of methoxy groups -OCH3 is 1. The summed E-state index contributed by atoms with van der Waals surface area (Å²) < 4.78 is 5.18. The van der Waals surface area contributed by atoms with Crippen molar-refractivity contribution in [3.8, 4) is 5.75 Å². The van der Waals surface area contributed by atoms with Gasteiger partial charge in [0.15, 0.2) is 0 Å². The van der Waals surface area contributed by atoms with Gasteiger partial charge >= 0.3 is 0 Å². The summed E-state index contributed by atoms with van der Waals surface area (Å²) in [6.07, 6.45) is 1.05. The third-order valence-corrected chi connectivity index (χ3v) is 4.31. The van der Waals surface area contributed by atoms with Crippen LogP contribution in [0.5, 0.6) is 5.75 Å². The maximum atomic E-state index is 6.17. The van der Waals surface area contributed by atoms with E-state index in [1.807, 2.05) is 12.1 Å². The maximum Gasteiger partial charge on any atom is 0.137 e. The highest BCUT2D eigenvalue weighted by molar-refractivity contribution is 6.32. The fourth-order valence-electron chi connectivity index (χ4n) is 2.69. The lowest BCUT2D eigenvalue weighted by Crippen LogP contribution is -2.52. The van der Waals surface area contributed by atoms with E-state index in [1.165, 1.54) is 5.56 Å². The zero-order chi connectivity index (χ0) is 14.0. The van der Waals surface area contributed by atoms with E-state index in [0.29, 0.717) is 11.1 Å². The van der Waals surface area contributed by atoms with Crippen LogP contribution in [0.15, 0.2) is 18.2 Å². The molecule has 4 heteroatoms. The molecule has 0 amide bonds. The van der Waals surface area contributed by atoms with Crippen molar-refractivity contribution in [2.45, 2.75) is 32.9 Å². The molecule has 106 valence electrons. The van der Waals surface area contributed by atoms with Crippen LogP contribution in [0.25, 0.3) is 0 Å². The van der Waals surface area contributed by atoms with E-state index in [-0.39, 0.29) is 5.41 Å². The molecule has 0 bridgehead atoms. The molecule has 1 aromatic carbocycles. The molecular weight excluding hydrogens is 260 g/mol. The van der Waals surface area contributed by atoms with E-state index < -0.39 is 0 Å². The molecule has 0 aromatic heterocycles. The molecule has 0 aliphatic carbocycles. The van der Waals surface area contributed by atoms with Gasteiger partial charge in [0.1, 0.15) is 5.75 Å². The molecule has 1 aliphatic rings. The van der Waals surface area contributed by atoms with Crippen molar-refractivity contribution in [3.63, 3.8) is 0 Å². The first-order valence-electron chi connectivity index (χ1n) is 6.73. The topological polar surface area (TPSA) is 38.5 Å². The Balaban J connectivity index is 2.04. The lowest BCUT2D eigenvalue weighted by molar-refractivity contribution is 0.0899. The first kappa shape index (κ1) is 14.6. The third-order valence-electron chi connectivity index (χ3n) is 4.01. The summed E-state index contributed by atoms with van der Waals surface area (Å²) in [4.78, 5) is 2.45. The second-order valence-corrected chi connectivity index (χ2v) is 6.47. The molecule has 1 aliphatic heterocycles. The lowest BCUT2D eigenvalue weighted by atomic mass is 9.79. The standard InChI is InChI=1S/C15H23ClN2O/c1-15(2)10-18(7-6-14(15)17)9-11-4-5-13(19-3)12(16)8-11/h4-5,8,14H,6-7,9-10,17H2,1-3H3. The number of halogens is 1. The summed E-state index contributed by atoms with van der Waals surface area (Å²) in [7, 11) is 1.63. The number of ether oxygens (including phenoxy) is 1. The first-order valence-corrected chi connectivity index (χ1v) is 7.10. The number of hydrogen-bond donors (Lipinski definition) is 1. The molecule has 1 fully saturated rings. The normalized spacial score (nSPS) is 23.3. The highest BCUT2D eigenvalue weighted by atomic mass is 35.5. The predicted molar refractivity (Wildman–Crippen MR) is 79.7 cm³/mol. The number of rotatable bonds is 3. The Morgan fingerprint density at radius 1 is 1.47 bits per heavy atom. The van der Waals surface area contributed by atoms with Crippen LogP contribution in [0.2, 0.25) is 5.02 Å². The fraction of sp³-hybridized carbons (Fsp3) is 0.600. The minimum Gasteiger partial charge on any atom is -0.495 e. The third kappa shape index (κ3) is 3.41. The van der Waals surface area contributed by atoms with Gasteiger partial charge in [0.2, 0.25) is 0 Å². The van der Waals surface area contributed by atoms with Crippen molar-refractivity contribution in [2.75, 3.05) is 20.2 Å². The van der Waals surface area contributed by atoms with E-state index in [1.54, 1.807) is 7.11 Å². The van der Waals surface area contributed by atoms with Gasteiger partial charge in [0.05, 0.1) is 12.1 Å². The van der Waals surface area contributed by atoms with Gasteiger partial charge in [-0.15, -0.1) is 0 Å². The second kappa shape index (κ2) is 5.70. The van der Waals surface area contributed by atoms with Crippen LogP contribution in [0.3, 0.4) is 0 Å². The van der Waals surface area contributed by atoms with E-state index in [2.05, 4.69) is 24.8 Å². The van der Waals surface area contributed by atoms with Gasteiger partial charge < -0.3 is 10.5 Å². The quantitative estimate of drug-likeness (QED) is 0.926. The second-order valence-electron chi connectivity index (χ2n) is 6.06. The smallest absolute Gasteiger partial charge is 0.137 e. The molecule has 1 aromatic rings. The Morgan fingerprint density at radius 3 is 2.79 bits per heavy atom. The van der Waals surface area contributed by atoms with E-state index in [4.69, 9.17) is 22.1 Å². The SMILES string of the molecule is COc1ccc(CN2CCC(N)C(C)(C)C2)cc1Cl. The average Bonchev–Trinajstić information content (AvgIpc) is 2.34. The van der Waals surface area contributed by atoms with Gasteiger partial charge in [-0.3, -0.25) is 4.90 Å². The molecule has 1 saturated heterocycles. The van der Waals surface area contributed by atoms with Crippen molar-refractivity contribution >= 4 is 11.6 Å². The number of benzene rings is 1. The van der Waals surface area contributed by atoms with Crippen molar-refractivity contribution in [1.29, 1.82) is 0 Å². The summed E-state index contributed by atoms with van der Waals surface area (Å²) in [6, 6.07) is 6.29. The molecule has 1 atom stereocenters. The number of piperidine rings is 1. The molecule has 2 rings (SSSR count). The largest absolute Gasteiger partial charge is 0.495 e. The number of hydrogen-bond acceptors (Lipinski definition) is 3. The van der Waals surface area contributed by atoms with Crippen molar-refractivity contribution in [3.05, 3.63) is 28.8 Å². The summed E-state index contributed by atoms with van der Waals surface area (Å²) in [5.41, 5.74) is 7.56. The van der Waals surface area contributed by atoms with E-state index >= 15 is 0 Å². The van der Waals surface area contributed by atoms with Crippen LogP contribution >= 0.6 is 11.6 Å². The van der Waals surface area contributed by atoms with Gasteiger partial charge in [-0.25, -0.2) is 0 Å². The minimum absolute atomic E-state index is 0.175. The van der Waals surface area contributed by atoms with Crippen molar-refractivity contribution in [2.24, 2.45) is 11.1 Å². The molecule has 19 heavy (non-hydrogen) atoms. The Hall–Kier alpha value is -0.770. The first-order chi connectivity index (χ1) is 8.92. The van der Waals surface area contributed by atoms with Crippen LogP contribution in [-0.2, 0) is 6.54 Å². The van der Waals surface area contributed by atoms with Gasteiger partial charge in [0, 0.05) is 25.7 Å². The van der Waals surface area contributed by atoms with Crippen LogP contribution in [0.1, 0.15) is 25.8 Å². The van der Waals surface area contributed by atoms with Crippen molar-refractivity contribution < 1.29 is 4.74 Å². The Morgan fingerprint density at radius 2 is 2.21 bits per heavy atom. The number of nitrogens with two attached hydrogens (primary N) is 1. The molecule has 1 unspecified atom stereocenters. The van der Waals surface area contributed by atoms with Crippen LogP contribution in [0.4, 0.5) is 0 Å². The van der Waals surface area contributed by atoms with E-state index in [0.717, 1.165) is 31.8 Å². The Labute approximate surface area is 120 Å². The molecule has 2 N–H and O–H groups in total. The highest BCUT2D eigenvalue weighted by Crippen LogP contribution is 2.30. The van der Waals surface area contributed by atoms with Crippen LogP contribution < -0.4 is 10.5 Å². The number of nitrogens with zero attached hydrogens (tertiary/aromatic N) is 1. The molecular formula is C15H23ClN2O. The summed E-state index contributed by atoms with van der Waals surface area (Å²) in [5, 5.41) is 0.674. The Bertz CT molecular complexity index is 448. The van der Waals surface area contributed by atoms with Crippen LogP contribution in [0, 0.1) is 5.41 Å². The van der Waals surface area contributed by atoms with E-state index in [9.17, 15) is 0 Å². The average molecular weight is 283 g/mol. The molecule has 1 heterocycles. The highest BCUT2D eigenvalue weighted by Gasteiger charge is 2.33. The zero-order valence-electron chi connectivity index (χ0n) is 11.9. The molecule has 0 radical (unpaired) electrons. The summed E-state index contributed by atoms with van der Waals surface area (Å²) >= 11 is 6.16. The zero-order valence-corrected chi connectivity index (χ0v) is 12.7.